The fourth-order valence-electron chi connectivity index (χ4n) is 4.42. The molecule has 1 saturated heterocycles. The molecule has 2 unspecified atom stereocenters. The summed E-state index contributed by atoms with van der Waals surface area (Å²) < 4.78 is 1.18. The molecule has 6 heteroatoms. The normalized spacial score (nSPS) is 27.8. The lowest BCUT2D eigenvalue weighted by atomic mass is 9.73. The number of amides is 1. The number of thiazole rings is 1. The highest BCUT2D eigenvalue weighted by molar-refractivity contribution is 7.18. The Morgan fingerprint density at radius 2 is 2.08 bits per heavy atom. The fraction of sp³-hybridized carbons (Fsp3) is 0.600. The van der Waals surface area contributed by atoms with Gasteiger partial charge < -0.3 is 10.6 Å². The molecule has 140 valence electrons. The lowest BCUT2D eigenvalue weighted by Gasteiger charge is -2.41. The van der Waals surface area contributed by atoms with Gasteiger partial charge in [0.15, 0.2) is 0 Å². The summed E-state index contributed by atoms with van der Waals surface area (Å²) in [7, 11) is 0. The summed E-state index contributed by atoms with van der Waals surface area (Å²) in [6, 6.07) is 5.89. The third-order valence-corrected chi connectivity index (χ3v) is 7.51. The van der Waals surface area contributed by atoms with Crippen LogP contribution in [0.3, 0.4) is 0 Å². The Hall–Kier alpha value is -1.17. The summed E-state index contributed by atoms with van der Waals surface area (Å²) in [6.07, 6.45) is 6.10. The number of likely N-dealkylation sites (tertiary alicyclic amines) is 1. The van der Waals surface area contributed by atoms with Crippen molar-refractivity contribution in [2.45, 2.75) is 56.9 Å². The van der Waals surface area contributed by atoms with E-state index >= 15 is 0 Å². The van der Waals surface area contributed by atoms with Crippen LogP contribution in [0.25, 0.3) is 10.2 Å². The quantitative estimate of drug-likeness (QED) is 0.816. The Balaban J connectivity index is 1.42. The molecule has 1 aliphatic heterocycles. The second-order valence-electron chi connectivity index (χ2n) is 8.07. The minimum atomic E-state index is -0.349. The van der Waals surface area contributed by atoms with Gasteiger partial charge in [0.1, 0.15) is 0 Å². The van der Waals surface area contributed by atoms with Crippen LogP contribution in [0.2, 0.25) is 5.02 Å². The summed E-state index contributed by atoms with van der Waals surface area (Å²) >= 11 is 7.83. The van der Waals surface area contributed by atoms with Crippen LogP contribution in [0.4, 0.5) is 0 Å². The van der Waals surface area contributed by atoms with E-state index < -0.39 is 0 Å². The molecule has 1 aromatic heterocycles. The lowest BCUT2D eigenvalue weighted by molar-refractivity contribution is -0.140. The number of carbonyl (C=O) groups is 1. The molecule has 2 aromatic rings. The molecular weight excluding hydrogens is 366 g/mol. The summed E-state index contributed by atoms with van der Waals surface area (Å²) in [5, 5.41) is 1.91. The Labute approximate surface area is 163 Å². The van der Waals surface area contributed by atoms with Crippen LogP contribution in [0, 0.1) is 5.92 Å². The smallest absolute Gasteiger partial charge is 0.227 e. The van der Waals surface area contributed by atoms with Gasteiger partial charge in [0.05, 0.1) is 21.1 Å². The Morgan fingerprint density at radius 1 is 1.31 bits per heavy atom. The topological polar surface area (TPSA) is 59.2 Å². The summed E-state index contributed by atoms with van der Waals surface area (Å²) in [4.78, 5) is 19.8. The van der Waals surface area contributed by atoms with Gasteiger partial charge in [0.2, 0.25) is 5.91 Å². The van der Waals surface area contributed by atoms with E-state index in [1.807, 2.05) is 30.0 Å². The van der Waals surface area contributed by atoms with Crippen LogP contribution >= 0.6 is 22.9 Å². The molecule has 2 atom stereocenters. The number of nitrogens with two attached hydrogens (primary N) is 1. The molecule has 2 heterocycles. The predicted octanol–water partition coefficient (Wildman–Crippen LogP) is 4.56. The highest BCUT2D eigenvalue weighted by Crippen LogP contribution is 2.37. The van der Waals surface area contributed by atoms with Gasteiger partial charge in [-0.05, 0) is 50.8 Å². The van der Waals surface area contributed by atoms with Crippen molar-refractivity contribution in [3.63, 3.8) is 0 Å². The minimum absolute atomic E-state index is 0.0163. The Kier molecular flexibility index (Phi) is 4.97. The number of halogens is 1. The lowest BCUT2D eigenvalue weighted by Crippen LogP contribution is -2.54. The number of piperidine rings is 1. The molecule has 0 bridgehead atoms. The van der Waals surface area contributed by atoms with E-state index in [1.165, 1.54) is 9.71 Å². The predicted molar refractivity (Wildman–Crippen MR) is 108 cm³/mol. The number of carbonyl (C=O) groups excluding carboxylic acids is 1. The van der Waals surface area contributed by atoms with E-state index in [2.05, 4.69) is 0 Å². The molecule has 1 saturated carbocycles. The first-order valence-electron chi connectivity index (χ1n) is 9.58. The number of hydrogen-bond donors (Lipinski definition) is 1. The average Bonchev–Trinajstić information content (AvgIpc) is 3.04. The van der Waals surface area contributed by atoms with Crippen LogP contribution in [0.15, 0.2) is 18.2 Å². The molecule has 1 amide bonds. The monoisotopic (exact) mass is 391 g/mol. The van der Waals surface area contributed by atoms with Gasteiger partial charge in [-0.3, -0.25) is 4.79 Å². The van der Waals surface area contributed by atoms with E-state index in [0.717, 1.165) is 62.2 Å². The van der Waals surface area contributed by atoms with Crippen molar-refractivity contribution >= 4 is 39.1 Å². The van der Waals surface area contributed by atoms with E-state index in [9.17, 15) is 4.79 Å². The third-order valence-electron chi connectivity index (χ3n) is 6.07. The maximum absolute atomic E-state index is 13.0. The second kappa shape index (κ2) is 7.10. The maximum atomic E-state index is 13.0. The van der Waals surface area contributed by atoms with Gasteiger partial charge in [-0.15, -0.1) is 11.3 Å². The SMILES string of the molecule is CC1(N)CCCCC1C(=O)N1CCC(c2nc3cc(Cl)ccc3s2)CC1. The standard InChI is InChI=1S/C20H26ClN3OS/c1-20(22)9-3-2-4-15(20)19(25)24-10-7-13(8-11-24)18-23-16-12-14(21)5-6-17(16)26-18/h5-6,12-13,15H,2-4,7-11,22H2,1H3. The van der Waals surface area contributed by atoms with Gasteiger partial charge in [-0.25, -0.2) is 4.98 Å². The number of rotatable bonds is 2. The highest BCUT2D eigenvalue weighted by atomic mass is 35.5. The Bertz CT molecular complexity index is 810. The van der Waals surface area contributed by atoms with Gasteiger partial charge in [-0.1, -0.05) is 24.4 Å². The number of fused-ring (bicyclic) bond motifs is 1. The molecule has 2 aliphatic rings. The zero-order chi connectivity index (χ0) is 18.3. The maximum Gasteiger partial charge on any atom is 0.227 e. The van der Waals surface area contributed by atoms with Crippen molar-refractivity contribution in [2.24, 2.45) is 11.7 Å². The zero-order valence-corrected chi connectivity index (χ0v) is 16.8. The second-order valence-corrected chi connectivity index (χ2v) is 9.57. The first-order chi connectivity index (χ1) is 12.4. The average molecular weight is 392 g/mol. The van der Waals surface area contributed by atoms with Crippen LogP contribution in [0.1, 0.15) is 56.4 Å². The molecule has 4 nitrogen and oxygen atoms in total. The van der Waals surface area contributed by atoms with Crippen molar-refractivity contribution in [1.29, 1.82) is 0 Å². The Morgan fingerprint density at radius 3 is 2.81 bits per heavy atom. The van der Waals surface area contributed by atoms with Gasteiger partial charge in [0.25, 0.3) is 0 Å². The highest BCUT2D eigenvalue weighted by Gasteiger charge is 2.40. The summed E-state index contributed by atoms with van der Waals surface area (Å²) in [5.41, 5.74) is 7.07. The minimum Gasteiger partial charge on any atom is -0.342 e. The van der Waals surface area contributed by atoms with Crippen molar-refractivity contribution in [3.05, 3.63) is 28.2 Å². The fourth-order valence-corrected chi connectivity index (χ4v) is 5.71. The molecular formula is C20H26ClN3OS. The summed E-state index contributed by atoms with van der Waals surface area (Å²) in [5.74, 6) is 0.687. The number of hydrogen-bond acceptors (Lipinski definition) is 4. The van der Waals surface area contributed by atoms with Gasteiger partial charge in [-0.2, -0.15) is 0 Å². The molecule has 4 rings (SSSR count). The van der Waals surface area contributed by atoms with Crippen molar-refractivity contribution < 1.29 is 4.79 Å². The van der Waals surface area contributed by atoms with Crippen molar-refractivity contribution in [1.82, 2.24) is 9.88 Å². The van der Waals surface area contributed by atoms with Crippen LogP contribution in [0.5, 0.6) is 0 Å². The number of aromatic nitrogens is 1. The van der Waals surface area contributed by atoms with Crippen molar-refractivity contribution in [3.8, 4) is 0 Å². The molecule has 2 fully saturated rings. The van der Waals surface area contributed by atoms with Crippen molar-refractivity contribution in [2.75, 3.05) is 13.1 Å². The summed E-state index contributed by atoms with van der Waals surface area (Å²) in [6.45, 7) is 3.67. The zero-order valence-electron chi connectivity index (χ0n) is 15.2. The van der Waals surface area contributed by atoms with Gasteiger partial charge >= 0.3 is 0 Å². The number of nitrogens with zero attached hydrogens (tertiary/aromatic N) is 2. The van der Waals surface area contributed by atoms with E-state index in [1.54, 1.807) is 11.3 Å². The van der Waals surface area contributed by atoms with Crippen LogP contribution in [-0.2, 0) is 4.79 Å². The third kappa shape index (κ3) is 3.49. The molecule has 1 aromatic carbocycles. The molecule has 0 radical (unpaired) electrons. The van der Waals surface area contributed by atoms with E-state index in [-0.39, 0.29) is 17.4 Å². The first kappa shape index (κ1) is 18.2. The van der Waals surface area contributed by atoms with Gasteiger partial charge in [0, 0.05) is 29.6 Å². The number of benzene rings is 1. The molecule has 0 spiro atoms. The van der Waals surface area contributed by atoms with E-state index in [0.29, 0.717) is 5.92 Å². The van der Waals surface area contributed by atoms with Crippen LogP contribution < -0.4 is 5.73 Å². The first-order valence-corrected chi connectivity index (χ1v) is 10.8. The molecule has 2 N–H and O–H groups in total. The van der Waals surface area contributed by atoms with Crippen LogP contribution in [-0.4, -0.2) is 34.4 Å². The molecule has 26 heavy (non-hydrogen) atoms. The van der Waals surface area contributed by atoms with E-state index in [4.69, 9.17) is 22.3 Å². The largest absolute Gasteiger partial charge is 0.342 e. The molecule has 1 aliphatic carbocycles.